The van der Waals surface area contributed by atoms with Gasteiger partial charge in [0, 0.05) is 12.5 Å². The van der Waals surface area contributed by atoms with Crippen LogP contribution in [0.25, 0.3) is 11.3 Å². The Morgan fingerprint density at radius 1 is 1.53 bits per heavy atom. The summed E-state index contributed by atoms with van der Waals surface area (Å²) in [4.78, 5) is 14.8. The maximum absolute atomic E-state index is 13.6. The highest BCUT2D eigenvalue weighted by molar-refractivity contribution is 5.73. The molecule has 0 atom stereocenters. The zero-order chi connectivity index (χ0) is 14.0. The van der Waals surface area contributed by atoms with Crippen LogP contribution in [-0.2, 0) is 11.2 Å². The number of hydrogen-bond donors (Lipinski definition) is 1. The van der Waals surface area contributed by atoms with Gasteiger partial charge in [-0.2, -0.15) is 0 Å². The minimum absolute atomic E-state index is 0.115. The van der Waals surface area contributed by atoms with Gasteiger partial charge in [0.1, 0.15) is 17.9 Å². The van der Waals surface area contributed by atoms with Crippen LogP contribution in [0.15, 0.2) is 22.6 Å². The summed E-state index contributed by atoms with van der Waals surface area (Å²) >= 11 is 0. The van der Waals surface area contributed by atoms with Crippen molar-refractivity contribution >= 4 is 5.97 Å². The SMILES string of the molecule is COc1ccc(-c2nc(C)oc2CC(=O)O)cc1F. The summed E-state index contributed by atoms with van der Waals surface area (Å²) in [5.74, 6) is -0.922. The zero-order valence-corrected chi connectivity index (χ0v) is 10.4. The summed E-state index contributed by atoms with van der Waals surface area (Å²) in [7, 11) is 1.37. The summed E-state index contributed by atoms with van der Waals surface area (Å²) in [6.45, 7) is 1.61. The van der Waals surface area contributed by atoms with Crippen LogP contribution in [0.5, 0.6) is 5.75 Å². The first kappa shape index (κ1) is 13.1. The highest BCUT2D eigenvalue weighted by Crippen LogP contribution is 2.28. The van der Waals surface area contributed by atoms with E-state index in [0.29, 0.717) is 17.1 Å². The molecule has 1 heterocycles. The van der Waals surface area contributed by atoms with E-state index < -0.39 is 11.8 Å². The Kier molecular flexibility index (Phi) is 3.50. The van der Waals surface area contributed by atoms with E-state index in [1.807, 2.05) is 0 Å². The summed E-state index contributed by atoms with van der Waals surface area (Å²) in [5.41, 5.74) is 0.785. The number of carboxylic acids is 1. The van der Waals surface area contributed by atoms with Gasteiger partial charge in [-0.05, 0) is 18.2 Å². The van der Waals surface area contributed by atoms with Gasteiger partial charge in [0.25, 0.3) is 0 Å². The van der Waals surface area contributed by atoms with Gasteiger partial charge in [0.2, 0.25) is 0 Å². The minimum atomic E-state index is -1.04. The van der Waals surface area contributed by atoms with E-state index in [1.54, 1.807) is 13.0 Å². The number of ether oxygens (including phenoxy) is 1. The van der Waals surface area contributed by atoms with Crippen molar-refractivity contribution in [1.29, 1.82) is 0 Å². The molecule has 0 amide bonds. The standard InChI is InChI=1S/C13H12FNO4/c1-7-15-13(11(19-7)6-12(16)17)8-3-4-10(18-2)9(14)5-8/h3-5H,6H2,1-2H3,(H,16,17). The van der Waals surface area contributed by atoms with Gasteiger partial charge in [0.05, 0.1) is 7.11 Å². The Hall–Kier alpha value is -2.37. The molecule has 0 bridgehead atoms. The minimum Gasteiger partial charge on any atom is -0.494 e. The molecular weight excluding hydrogens is 253 g/mol. The number of nitrogens with zero attached hydrogens (tertiary/aromatic N) is 1. The third-order valence-electron chi connectivity index (χ3n) is 2.54. The number of oxazole rings is 1. The predicted molar refractivity (Wildman–Crippen MR) is 64.5 cm³/mol. The second-order valence-corrected chi connectivity index (χ2v) is 3.92. The highest BCUT2D eigenvalue weighted by atomic mass is 19.1. The van der Waals surface area contributed by atoms with Crippen molar-refractivity contribution in [2.45, 2.75) is 13.3 Å². The van der Waals surface area contributed by atoms with E-state index in [2.05, 4.69) is 4.98 Å². The molecule has 0 aliphatic heterocycles. The van der Waals surface area contributed by atoms with Crippen molar-refractivity contribution in [3.05, 3.63) is 35.7 Å². The Bertz CT molecular complexity index is 621. The summed E-state index contributed by atoms with van der Waals surface area (Å²) in [5, 5.41) is 8.80. The first-order valence-corrected chi connectivity index (χ1v) is 5.53. The van der Waals surface area contributed by atoms with Gasteiger partial charge in [-0.1, -0.05) is 0 Å². The molecule has 2 rings (SSSR count). The van der Waals surface area contributed by atoms with Crippen molar-refractivity contribution in [1.82, 2.24) is 4.98 Å². The lowest BCUT2D eigenvalue weighted by Crippen LogP contribution is -2.00. The number of rotatable bonds is 4. The third-order valence-corrected chi connectivity index (χ3v) is 2.54. The van der Waals surface area contributed by atoms with Crippen molar-refractivity contribution in [2.75, 3.05) is 7.11 Å². The normalized spacial score (nSPS) is 10.5. The van der Waals surface area contributed by atoms with Gasteiger partial charge in [-0.25, -0.2) is 9.37 Å². The average molecular weight is 265 g/mol. The summed E-state index contributed by atoms with van der Waals surface area (Å²) in [6, 6.07) is 4.30. The van der Waals surface area contributed by atoms with Crippen LogP contribution in [0.1, 0.15) is 11.7 Å². The molecule has 19 heavy (non-hydrogen) atoms. The van der Waals surface area contributed by atoms with Crippen LogP contribution < -0.4 is 4.74 Å². The number of aromatic nitrogens is 1. The fourth-order valence-electron chi connectivity index (χ4n) is 1.77. The van der Waals surface area contributed by atoms with E-state index in [-0.39, 0.29) is 17.9 Å². The molecule has 5 nitrogen and oxygen atoms in total. The first-order valence-electron chi connectivity index (χ1n) is 5.53. The topological polar surface area (TPSA) is 72.6 Å². The Balaban J connectivity index is 2.46. The Labute approximate surface area is 108 Å². The lowest BCUT2D eigenvalue weighted by atomic mass is 10.1. The van der Waals surface area contributed by atoms with Crippen LogP contribution >= 0.6 is 0 Å². The predicted octanol–water partition coefficient (Wildman–Crippen LogP) is 2.42. The summed E-state index contributed by atoms with van der Waals surface area (Å²) in [6.07, 6.45) is -0.302. The van der Waals surface area contributed by atoms with Crippen molar-refractivity contribution < 1.29 is 23.4 Å². The third kappa shape index (κ3) is 2.73. The maximum Gasteiger partial charge on any atom is 0.311 e. The van der Waals surface area contributed by atoms with Gasteiger partial charge >= 0.3 is 5.97 Å². The number of carboxylic acid groups (broad SMARTS) is 1. The molecule has 0 aliphatic carbocycles. The molecule has 0 aliphatic rings. The first-order chi connectivity index (χ1) is 9.01. The number of carbonyl (C=O) groups is 1. The maximum atomic E-state index is 13.6. The second-order valence-electron chi connectivity index (χ2n) is 3.92. The van der Waals surface area contributed by atoms with Crippen LogP contribution in [0.2, 0.25) is 0 Å². The van der Waals surface area contributed by atoms with Crippen molar-refractivity contribution in [3.8, 4) is 17.0 Å². The van der Waals surface area contributed by atoms with Crippen LogP contribution in [-0.4, -0.2) is 23.2 Å². The van der Waals surface area contributed by atoms with Gasteiger partial charge < -0.3 is 14.3 Å². The molecule has 1 N–H and O–H groups in total. The Morgan fingerprint density at radius 3 is 2.84 bits per heavy atom. The van der Waals surface area contributed by atoms with E-state index in [4.69, 9.17) is 14.3 Å². The lowest BCUT2D eigenvalue weighted by Gasteiger charge is -2.04. The molecule has 0 spiro atoms. The molecule has 0 unspecified atom stereocenters. The smallest absolute Gasteiger partial charge is 0.311 e. The van der Waals surface area contributed by atoms with Gasteiger partial charge in [-0.3, -0.25) is 4.79 Å². The quantitative estimate of drug-likeness (QED) is 0.919. The molecule has 100 valence electrons. The molecule has 0 radical (unpaired) electrons. The molecule has 0 fully saturated rings. The molecule has 1 aromatic heterocycles. The van der Waals surface area contributed by atoms with Crippen LogP contribution in [0, 0.1) is 12.7 Å². The van der Waals surface area contributed by atoms with E-state index in [9.17, 15) is 9.18 Å². The molecule has 0 saturated carbocycles. The number of halogens is 1. The zero-order valence-electron chi connectivity index (χ0n) is 10.4. The number of hydrogen-bond acceptors (Lipinski definition) is 4. The largest absolute Gasteiger partial charge is 0.494 e. The fraction of sp³-hybridized carbons (Fsp3) is 0.231. The number of aryl methyl sites for hydroxylation is 1. The monoisotopic (exact) mass is 265 g/mol. The van der Waals surface area contributed by atoms with Gasteiger partial charge in [-0.15, -0.1) is 0 Å². The van der Waals surface area contributed by atoms with Crippen molar-refractivity contribution in [3.63, 3.8) is 0 Å². The van der Waals surface area contributed by atoms with Crippen LogP contribution in [0.4, 0.5) is 4.39 Å². The van der Waals surface area contributed by atoms with Crippen molar-refractivity contribution in [2.24, 2.45) is 0 Å². The molecule has 6 heteroatoms. The van der Waals surface area contributed by atoms with E-state index in [1.165, 1.54) is 19.2 Å². The molecule has 1 aromatic carbocycles. The number of benzene rings is 1. The van der Waals surface area contributed by atoms with Crippen LogP contribution in [0.3, 0.4) is 0 Å². The number of aliphatic carboxylic acids is 1. The fourth-order valence-corrected chi connectivity index (χ4v) is 1.77. The Morgan fingerprint density at radius 2 is 2.26 bits per heavy atom. The lowest BCUT2D eigenvalue weighted by molar-refractivity contribution is -0.136. The summed E-state index contributed by atoms with van der Waals surface area (Å²) < 4.78 is 23.7. The molecule has 2 aromatic rings. The highest BCUT2D eigenvalue weighted by Gasteiger charge is 2.17. The second kappa shape index (κ2) is 5.09. The van der Waals surface area contributed by atoms with Gasteiger partial charge in [0.15, 0.2) is 17.5 Å². The number of methoxy groups -OCH3 is 1. The average Bonchev–Trinajstić information content (AvgIpc) is 2.69. The van der Waals surface area contributed by atoms with E-state index in [0.717, 1.165) is 0 Å². The van der Waals surface area contributed by atoms with E-state index >= 15 is 0 Å². The molecule has 0 saturated heterocycles. The molecular formula is C13H12FNO4.